The highest BCUT2D eigenvalue weighted by molar-refractivity contribution is 5.61. The van der Waals surface area contributed by atoms with Gasteiger partial charge in [0.15, 0.2) is 11.5 Å². The number of hydrogen-bond acceptors (Lipinski definition) is 5. The van der Waals surface area contributed by atoms with Gasteiger partial charge in [0, 0.05) is 5.56 Å². The van der Waals surface area contributed by atoms with Gasteiger partial charge in [-0.2, -0.15) is 9.61 Å². The summed E-state index contributed by atoms with van der Waals surface area (Å²) in [6.07, 6.45) is 2.24. The van der Waals surface area contributed by atoms with Crippen molar-refractivity contribution >= 4 is 5.65 Å². The van der Waals surface area contributed by atoms with Gasteiger partial charge in [-0.25, -0.2) is 0 Å². The van der Waals surface area contributed by atoms with Crippen LogP contribution in [0.4, 0.5) is 0 Å². The molecule has 0 saturated carbocycles. The van der Waals surface area contributed by atoms with Crippen molar-refractivity contribution in [2.45, 2.75) is 18.9 Å². The molecule has 6 heteroatoms. The van der Waals surface area contributed by atoms with Crippen LogP contribution in [0.2, 0.25) is 0 Å². The Hall–Kier alpha value is -2.47. The van der Waals surface area contributed by atoms with E-state index >= 15 is 0 Å². The fourth-order valence-corrected chi connectivity index (χ4v) is 2.84. The summed E-state index contributed by atoms with van der Waals surface area (Å²) in [5.74, 6) is 1.73. The van der Waals surface area contributed by atoms with Gasteiger partial charge in [-0.3, -0.25) is 0 Å². The molecule has 3 aromatic rings. The molecule has 22 heavy (non-hydrogen) atoms. The van der Waals surface area contributed by atoms with Crippen molar-refractivity contribution in [3.63, 3.8) is 0 Å². The monoisotopic (exact) mass is 295 g/mol. The molecule has 6 nitrogen and oxygen atoms in total. The van der Waals surface area contributed by atoms with Crippen LogP contribution in [0, 0.1) is 0 Å². The van der Waals surface area contributed by atoms with Crippen LogP contribution >= 0.6 is 0 Å². The lowest BCUT2D eigenvalue weighted by atomic mass is 10.1. The zero-order chi connectivity index (χ0) is 14.9. The van der Waals surface area contributed by atoms with Gasteiger partial charge < -0.3 is 10.1 Å². The predicted octanol–water partition coefficient (Wildman–Crippen LogP) is 2.22. The van der Waals surface area contributed by atoms with E-state index in [-0.39, 0.29) is 6.04 Å². The Bertz CT molecular complexity index is 790. The lowest BCUT2D eigenvalue weighted by molar-refractivity contribution is 0.415. The Labute approximate surface area is 128 Å². The van der Waals surface area contributed by atoms with Crippen LogP contribution < -0.4 is 10.1 Å². The Morgan fingerprint density at radius 3 is 2.73 bits per heavy atom. The van der Waals surface area contributed by atoms with E-state index in [1.54, 1.807) is 7.11 Å². The van der Waals surface area contributed by atoms with Crippen LogP contribution in [0.25, 0.3) is 16.9 Å². The molecule has 1 atom stereocenters. The second-order valence-electron chi connectivity index (χ2n) is 5.42. The van der Waals surface area contributed by atoms with E-state index in [2.05, 4.69) is 15.5 Å². The summed E-state index contributed by atoms with van der Waals surface area (Å²) in [5, 5.41) is 16.7. The lowest BCUT2D eigenvalue weighted by Crippen LogP contribution is -2.16. The molecule has 3 heterocycles. The second-order valence-corrected chi connectivity index (χ2v) is 5.42. The Morgan fingerprint density at radius 1 is 1.14 bits per heavy atom. The maximum atomic E-state index is 5.20. The Balaban J connectivity index is 1.76. The molecule has 0 amide bonds. The third-order valence-electron chi connectivity index (χ3n) is 4.04. The molecule has 4 rings (SSSR count). The summed E-state index contributed by atoms with van der Waals surface area (Å²) in [6, 6.07) is 12.1. The van der Waals surface area contributed by atoms with Crippen molar-refractivity contribution in [2.75, 3.05) is 13.7 Å². The number of rotatable bonds is 3. The van der Waals surface area contributed by atoms with E-state index in [0.29, 0.717) is 0 Å². The third kappa shape index (κ3) is 2.21. The maximum absolute atomic E-state index is 5.20. The smallest absolute Gasteiger partial charge is 0.178 e. The minimum atomic E-state index is 0.244. The molecule has 1 N–H and O–H groups in total. The molecular weight excluding hydrogens is 278 g/mol. The fraction of sp³-hybridized carbons (Fsp3) is 0.312. The first-order valence-electron chi connectivity index (χ1n) is 7.45. The number of ether oxygens (including phenoxy) is 1. The average molecular weight is 295 g/mol. The minimum absolute atomic E-state index is 0.244. The zero-order valence-corrected chi connectivity index (χ0v) is 12.4. The van der Waals surface area contributed by atoms with Gasteiger partial charge in [0.2, 0.25) is 0 Å². The Kier molecular flexibility index (Phi) is 3.23. The van der Waals surface area contributed by atoms with Crippen molar-refractivity contribution in [3.05, 3.63) is 42.2 Å². The van der Waals surface area contributed by atoms with Crippen molar-refractivity contribution in [1.82, 2.24) is 25.1 Å². The highest BCUT2D eigenvalue weighted by Crippen LogP contribution is 2.24. The largest absolute Gasteiger partial charge is 0.497 e. The number of fused-ring (bicyclic) bond motifs is 1. The summed E-state index contributed by atoms with van der Waals surface area (Å²) >= 11 is 0. The van der Waals surface area contributed by atoms with Crippen LogP contribution in [-0.4, -0.2) is 33.5 Å². The highest BCUT2D eigenvalue weighted by Gasteiger charge is 2.22. The molecule has 1 unspecified atom stereocenters. The van der Waals surface area contributed by atoms with Gasteiger partial charge in [0.1, 0.15) is 5.75 Å². The van der Waals surface area contributed by atoms with Crippen LogP contribution in [0.5, 0.6) is 5.75 Å². The van der Waals surface area contributed by atoms with E-state index < -0.39 is 0 Å². The number of aromatic nitrogens is 4. The molecule has 0 bridgehead atoms. The molecule has 0 radical (unpaired) electrons. The standard InChI is InChI=1S/C16H17N5O/c1-22-12-6-4-11(5-7-12)13-8-9-15-18-19-16(21(15)20-13)14-3-2-10-17-14/h4-9,14,17H,2-3,10H2,1H3. The van der Waals surface area contributed by atoms with Gasteiger partial charge in [0.05, 0.1) is 18.8 Å². The number of benzene rings is 1. The van der Waals surface area contributed by atoms with Gasteiger partial charge in [-0.1, -0.05) is 0 Å². The van der Waals surface area contributed by atoms with E-state index in [9.17, 15) is 0 Å². The molecule has 0 aliphatic carbocycles. The topological polar surface area (TPSA) is 64.3 Å². The average Bonchev–Trinajstić information content (AvgIpc) is 3.23. The molecule has 1 aromatic carbocycles. The summed E-state index contributed by atoms with van der Waals surface area (Å²) in [6.45, 7) is 1.03. The van der Waals surface area contributed by atoms with Gasteiger partial charge in [-0.05, 0) is 55.8 Å². The van der Waals surface area contributed by atoms with Crippen LogP contribution in [0.15, 0.2) is 36.4 Å². The fourth-order valence-electron chi connectivity index (χ4n) is 2.84. The van der Waals surface area contributed by atoms with Crippen LogP contribution in [-0.2, 0) is 0 Å². The quantitative estimate of drug-likeness (QED) is 0.802. The summed E-state index contributed by atoms with van der Waals surface area (Å²) in [5.41, 5.74) is 2.72. The van der Waals surface area contributed by atoms with E-state index in [1.165, 1.54) is 0 Å². The lowest BCUT2D eigenvalue weighted by Gasteiger charge is -2.08. The molecule has 1 saturated heterocycles. The SMILES string of the molecule is COc1ccc(-c2ccc3nnc(C4CCCN4)n3n2)cc1. The highest BCUT2D eigenvalue weighted by atomic mass is 16.5. The third-order valence-corrected chi connectivity index (χ3v) is 4.04. The van der Waals surface area contributed by atoms with Crippen LogP contribution in [0.1, 0.15) is 24.7 Å². The maximum Gasteiger partial charge on any atom is 0.178 e. The second kappa shape index (κ2) is 5.38. The van der Waals surface area contributed by atoms with E-state index in [0.717, 1.165) is 47.9 Å². The number of hydrogen-bond donors (Lipinski definition) is 1. The van der Waals surface area contributed by atoms with E-state index in [4.69, 9.17) is 9.84 Å². The molecule has 1 aliphatic heterocycles. The van der Waals surface area contributed by atoms with Crippen molar-refractivity contribution in [2.24, 2.45) is 0 Å². The van der Waals surface area contributed by atoms with Crippen molar-refractivity contribution in [1.29, 1.82) is 0 Å². The zero-order valence-electron chi connectivity index (χ0n) is 12.4. The van der Waals surface area contributed by atoms with E-state index in [1.807, 2.05) is 40.9 Å². The first kappa shape index (κ1) is 13.2. The summed E-state index contributed by atoms with van der Waals surface area (Å²) < 4.78 is 7.05. The molecule has 1 aliphatic rings. The minimum Gasteiger partial charge on any atom is -0.497 e. The van der Waals surface area contributed by atoms with Crippen molar-refractivity contribution in [3.8, 4) is 17.0 Å². The van der Waals surface area contributed by atoms with Crippen molar-refractivity contribution < 1.29 is 4.74 Å². The molecular formula is C16H17N5O. The Morgan fingerprint density at radius 2 is 2.00 bits per heavy atom. The molecule has 0 spiro atoms. The predicted molar refractivity (Wildman–Crippen MR) is 82.7 cm³/mol. The van der Waals surface area contributed by atoms with Gasteiger partial charge in [0.25, 0.3) is 0 Å². The number of nitrogens with zero attached hydrogens (tertiary/aromatic N) is 4. The molecule has 112 valence electrons. The summed E-state index contributed by atoms with van der Waals surface area (Å²) in [7, 11) is 1.66. The number of methoxy groups -OCH3 is 1. The van der Waals surface area contributed by atoms with Crippen LogP contribution in [0.3, 0.4) is 0 Å². The first-order chi connectivity index (χ1) is 10.8. The normalized spacial score (nSPS) is 18.0. The first-order valence-corrected chi connectivity index (χ1v) is 7.45. The van der Waals surface area contributed by atoms with Gasteiger partial charge in [-0.15, -0.1) is 10.2 Å². The summed E-state index contributed by atoms with van der Waals surface area (Å²) in [4.78, 5) is 0. The molecule has 1 fully saturated rings. The number of nitrogens with one attached hydrogen (secondary N) is 1. The molecule has 2 aromatic heterocycles. The van der Waals surface area contributed by atoms with Gasteiger partial charge >= 0.3 is 0 Å².